The van der Waals surface area contributed by atoms with Crippen molar-refractivity contribution in [2.24, 2.45) is 0 Å². The molecule has 0 bridgehead atoms. The fourth-order valence-corrected chi connectivity index (χ4v) is 3.59. The molecule has 6 heteroatoms. The van der Waals surface area contributed by atoms with Gasteiger partial charge in [-0.1, -0.05) is 0 Å². The molecule has 0 N–H and O–H groups in total. The number of hydrogen-bond acceptors (Lipinski definition) is 4. The zero-order valence-electron chi connectivity index (χ0n) is 14.8. The van der Waals surface area contributed by atoms with E-state index in [1.165, 1.54) is 6.42 Å². The number of aryl methyl sites for hydroxylation is 1. The van der Waals surface area contributed by atoms with Gasteiger partial charge in [-0.2, -0.15) is 5.10 Å². The lowest BCUT2D eigenvalue weighted by molar-refractivity contribution is -0.147. The van der Waals surface area contributed by atoms with Crippen LogP contribution in [0.4, 0.5) is 0 Å². The summed E-state index contributed by atoms with van der Waals surface area (Å²) in [5, 5.41) is 4.35. The number of nitrogens with zero attached hydrogens (tertiary/aromatic N) is 3. The molecule has 0 spiro atoms. The van der Waals surface area contributed by atoms with Crippen LogP contribution in [-0.2, 0) is 20.8 Å². The molecule has 2 fully saturated rings. The Kier molecular flexibility index (Phi) is 5.89. The van der Waals surface area contributed by atoms with Crippen LogP contribution in [0.1, 0.15) is 44.6 Å². The Morgan fingerprint density at radius 1 is 1.42 bits per heavy atom. The minimum absolute atomic E-state index is 0.0946. The molecule has 134 valence electrons. The highest BCUT2D eigenvalue weighted by atomic mass is 16.5. The maximum atomic E-state index is 12.8. The van der Waals surface area contributed by atoms with Crippen molar-refractivity contribution in [1.82, 2.24) is 14.7 Å². The van der Waals surface area contributed by atoms with Crippen LogP contribution in [0.3, 0.4) is 0 Å². The van der Waals surface area contributed by atoms with Gasteiger partial charge in [-0.25, -0.2) is 0 Å². The molecule has 0 aliphatic carbocycles. The molecular formula is C18H29N3O3. The van der Waals surface area contributed by atoms with Gasteiger partial charge in [0.1, 0.15) is 6.10 Å². The van der Waals surface area contributed by atoms with Gasteiger partial charge in [0.05, 0.1) is 31.5 Å². The van der Waals surface area contributed by atoms with E-state index in [-0.39, 0.29) is 18.1 Å². The maximum absolute atomic E-state index is 12.8. The number of aromatic nitrogens is 2. The Morgan fingerprint density at radius 3 is 3.00 bits per heavy atom. The molecule has 2 aliphatic rings. The molecule has 0 radical (unpaired) electrons. The lowest BCUT2D eigenvalue weighted by Crippen LogP contribution is -2.44. The van der Waals surface area contributed by atoms with Gasteiger partial charge in [-0.3, -0.25) is 9.48 Å². The van der Waals surface area contributed by atoms with E-state index in [2.05, 4.69) is 5.10 Å². The number of rotatable bonds is 6. The van der Waals surface area contributed by atoms with Crippen LogP contribution < -0.4 is 0 Å². The van der Waals surface area contributed by atoms with E-state index in [1.807, 2.05) is 35.8 Å². The average Bonchev–Trinajstić information content (AvgIpc) is 3.22. The number of ether oxygens (including phenoxy) is 2. The smallest absolute Gasteiger partial charge is 0.251 e. The Bertz CT molecular complexity index is 539. The maximum Gasteiger partial charge on any atom is 0.251 e. The largest absolute Gasteiger partial charge is 0.376 e. The third kappa shape index (κ3) is 4.36. The molecule has 3 rings (SSSR count). The highest BCUT2D eigenvalue weighted by Crippen LogP contribution is 2.21. The minimum atomic E-state index is -0.407. The van der Waals surface area contributed by atoms with Gasteiger partial charge in [0.15, 0.2) is 0 Å². The van der Waals surface area contributed by atoms with Crippen molar-refractivity contribution < 1.29 is 14.3 Å². The molecule has 1 aromatic rings. The fourth-order valence-electron chi connectivity index (χ4n) is 3.59. The summed E-state index contributed by atoms with van der Waals surface area (Å²) >= 11 is 0. The molecule has 0 unspecified atom stereocenters. The van der Waals surface area contributed by atoms with Crippen molar-refractivity contribution in [2.45, 2.75) is 70.7 Å². The summed E-state index contributed by atoms with van der Waals surface area (Å²) in [4.78, 5) is 14.7. The van der Waals surface area contributed by atoms with Crippen molar-refractivity contribution in [3.8, 4) is 0 Å². The molecule has 1 amide bonds. The Balaban J connectivity index is 1.50. The van der Waals surface area contributed by atoms with Gasteiger partial charge in [-0.05, 0) is 51.5 Å². The van der Waals surface area contributed by atoms with Crippen LogP contribution in [-0.4, -0.2) is 58.6 Å². The topological polar surface area (TPSA) is 56.6 Å². The first-order valence-electron chi connectivity index (χ1n) is 9.16. The fraction of sp³-hybridized carbons (Fsp3) is 0.778. The van der Waals surface area contributed by atoms with Crippen molar-refractivity contribution >= 4 is 5.91 Å². The standard InChI is InChI=1S/C18H29N3O3/c1-14-10-19-20(11-14)12-16-6-5-8-21(16)18(22)15(2)24-13-17-7-3-4-9-23-17/h10-11,15-17H,3-9,12-13H2,1-2H3/t15-,16-,17-/m0/s1. The Hall–Kier alpha value is -1.40. The van der Waals surface area contributed by atoms with E-state index in [0.29, 0.717) is 6.61 Å². The predicted octanol–water partition coefficient (Wildman–Crippen LogP) is 2.16. The molecule has 2 aliphatic heterocycles. The zero-order valence-corrected chi connectivity index (χ0v) is 14.8. The third-order valence-electron chi connectivity index (χ3n) is 4.97. The highest BCUT2D eigenvalue weighted by Gasteiger charge is 2.32. The molecule has 3 heterocycles. The first-order chi connectivity index (χ1) is 11.6. The lowest BCUT2D eigenvalue weighted by atomic mass is 10.1. The normalized spacial score (nSPS) is 25.8. The monoisotopic (exact) mass is 335 g/mol. The Morgan fingerprint density at radius 2 is 2.29 bits per heavy atom. The molecule has 3 atom stereocenters. The zero-order chi connectivity index (χ0) is 16.9. The van der Waals surface area contributed by atoms with Gasteiger partial charge in [0.25, 0.3) is 5.91 Å². The van der Waals surface area contributed by atoms with E-state index in [1.54, 1.807) is 0 Å². The van der Waals surface area contributed by atoms with E-state index in [9.17, 15) is 4.79 Å². The van der Waals surface area contributed by atoms with Crippen LogP contribution in [0.25, 0.3) is 0 Å². The van der Waals surface area contributed by atoms with Crippen LogP contribution >= 0.6 is 0 Å². The first-order valence-corrected chi connectivity index (χ1v) is 9.16. The molecule has 0 saturated carbocycles. The molecule has 24 heavy (non-hydrogen) atoms. The van der Waals surface area contributed by atoms with Gasteiger partial charge < -0.3 is 14.4 Å². The Labute approximate surface area is 144 Å². The van der Waals surface area contributed by atoms with Gasteiger partial charge in [0.2, 0.25) is 0 Å². The van der Waals surface area contributed by atoms with Crippen LogP contribution in [0, 0.1) is 6.92 Å². The van der Waals surface area contributed by atoms with Gasteiger partial charge in [-0.15, -0.1) is 0 Å². The molecular weight excluding hydrogens is 306 g/mol. The SMILES string of the molecule is Cc1cnn(C[C@@H]2CCCN2C(=O)[C@H](C)OC[C@@H]2CCCCO2)c1. The van der Waals surface area contributed by atoms with E-state index in [4.69, 9.17) is 9.47 Å². The predicted molar refractivity (Wildman–Crippen MR) is 90.7 cm³/mol. The van der Waals surface area contributed by atoms with E-state index < -0.39 is 6.10 Å². The number of amides is 1. The van der Waals surface area contributed by atoms with Crippen LogP contribution in [0.15, 0.2) is 12.4 Å². The summed E-state index contributed by atoms with van der Waals surface area (Å²) in [5.41, 5.74) is 1.15. The van der Waals surface area contributed by atoms with Crippen LogP contribution in [0.2, 0.25) is 0 Å². The average molecular weight is 335 g/mol. The quantitative estimate of drug-likeness (QED) is 0.799. The second-order valence-electron chi connectivity index (χ2n) is 7.03. The van der Waals surface area contributed by atoms with Crippen molar-refractivity contribution in [1.29, 1.82) is 0 Å². The van der Waals surface area contributed by atoms with Gasteiger partial charge in [0, 0.05) is 19.3 Å². The van der Waals surface area contributed by atoms with Crippen molar-refractivity contribution in [3.05, 3.63) is 18.0 Å². The van der Waals surface area contributed by atoms with Gasteiger partial charge >= 0.3 is 0 Å². The molecule has 1 aromatic heterocycles. The number of carbonyl (C=O) groups is 1. The summed E-state index contributed by atoms with van der Waals surface area (Å²) in [6.45, 7) is 6.80. The highest BCUT2D eigenvalue weighted by molar-refractivity contribution is 5.81. The van der Waals surface area contributed by atoms with E-state index >= 15 is 0 Å². The summed E-state index contributed by atoms with van der Waals surface area (Å²) in [6.07, 6.45) is 9.06. The summed E-state index contributed by atoms with van der Waals surface area (Å²) < 4.78 is 13.4. The second kappa shape index (κ2) is 8.12. The third-order valence-corrected chi connectivity index (χ3v) is 4.97. The van der Waals surface area contributed by atoms with E-state index in [0.717, 1.165) is 50.9 Å². The number of hydrogen-bond donors (Lipinski definition) is 0. The molecule has 6 nitrogen and oxygen atoms in total. The summed E-state index contributed by atoms with van der Waals surface area (Å²) in [5.74, 6) is 0.0946. The van der Waals surface area contributed by atoms with Crippen LogP contribution in [0.5, 0.6) is 0 Å². The lowest BCUT2D eigenvalue weighted by Gasteiger charge is -2.29. The minimum Gasteiger partial charge on any atom is -0.376 e. The first kappa shape index (κ1) is 17.4. The second-order valence-corrected chi connectivity index (χ2v) is 7.03. The molecule has 2 saturated heterocycles. The molecule has 0 aromatic carbocycles. The van der Waals surface area contributed by atoms with Crippen molar-refractivity contribution in [3.63, 3.8) is 0 Å². The van der Waals surface area contributed by atoms with Crippen molar-refractivity contribution in [2.75, 3.05) is 19.8 Å². The summed E-state index contributed by atoms with van der Waals surface area (Å²) in [7, 11) is 0. The number of carbonyl (C=O) groups excluding carboxylic acids is 1. The summed E-state index contributed by atoms with van der Waals surface area (Å²) in [6, 6.07) is 0.216. The number of likely N-dealkylation sites (tertiary alicyclic amines) is 1.